The lowest BCUT2D eigenvalue weighted by atomic mass is 10.2. The van der Waals surface area contributed by atoms with Crippen LogP contribution in [0.5, 0.6) is 5.88 Å². The van der Waals surface area contributed by atoms with Gasteiger partial charge in [-0.25, -0.2) is 9.97 Å². The molecule has 0 aliphatic carbocycles. The van der Waals surface area contributed by atoms with Crippen molar-refractivity contribution in [2.24, 2.45) is 0 Å². The predicted molar refractivity (Wildman–Crippen MR) is 68.8 cm³/mol. The highest BCUT2D eigenvalue weighted by Gasteiger charge is 2.11. The maximum Gasteiger partial charge on any atom is 0.221 e. The van der Waals surface area contributed by atoms with Gasteiger partial charge in [-0.1, -0.05) is 0 Å². The van der Waals surface area contributed by atoms with Crippen LogP contribution in [0.4, 0.5) is 5.82 Å². The van der Waals surface area contributed by atoms with Gasteiger partial charge in [-0.05, 0) is 26.0 Å². The number of hydrogen-bond acceptors (Lipinski definition) is 5. The van der Waals surface area contributed by atoms with E-state index in [0.717, 1.165) is 23.6 Å². The van der Waals surface area contributed by atoms with Gasteiger partial charge in [-0.3, -0.25) is 0 Å². The Morgan fingerprint density at radius 3 is 2.94 bits per heavy atom. The van der Waals surface area contributed by atoms with Gasteiger partial charge < -0.3 is 14.5 Å². The number of nitrogens with zero attached hydrogens (tertiary/aromatic N) is 2. The summed E-state index contributed by atoms with van der Waals surface area (Å²) in [7, 11) is 1.60. The minimum atomic E-state index is 0.217. The van der Waals surface area contributed by atoms with Crippen molar-refractivity contribution < 1.29 is 9.15 Å². The highest BCUT2D eigenvalue weighted by Crippen LogP contribution is 2.20. The van der Waals surface area contributed by atoms with Crippen LogP contribution in [0.2, 0.25) is 0 Å². The molecule has 1 N–H and O–H groups in total. The average Bonchev–Trinajstić information content (AvgIpc) is 2.84. The molecule has 0 amide bonds. The number of ether oxygens (including phenoxy) is 1. The van der Waals surface area contributed by atoms with Crippen molar-refractivity contribution in [3.05, 3.63) is 36.0 Å². The Morgan fingerprint density at radius 1 is 1.44 bits per heavy atom. The maximum atomic E-state index is 5.32. The molecule has 2 aromatic rings. The fraction of sp³-hybridized carbons (Fsp3) is 0.385. The van der Waals surface area contributed by atoms with Crippen LogP contribution in [0.3, 0.4) is 0 Å². The summed E-state index contributed by atoms with van der Waals surface area (Å²) in [5, 5.41) is 3.33. The van der Waals surface area contributed by atoms with E-state index in [2.05, 4.69) is 22.2 Å². The van der Waals surface area contributed by atoms with Gasteiger partial charge in [0.05, 0.1) is 18.9 Å². The van der Waals surface area contributed by atoms with E-state index < -0.39 is 0 Å². The smallest absolute Gasteiger partial charge is 0.221 e. The average molecular weight is 247 g/mol. The zero-order valence-corrected chi connectivity index (χ0v) is 10.8. The SMILES string of the molecule is COc1ncnc(NC(C)Cc2ccco2)c1C. The minimum Gasteiger partial charge on any atom is -0.481 e. The van der Waals surface area contributed by atoms with Gasteiger partial charge in [-0.15, -0.1) is 0 Å². The summed E-state index contributed by atoms with van der Waals surface area (Å²) in [4.78, 5) is 8.27. The third-order valence-electron chi connectivity index (χ3n) is 2.70. The lowest BCUT2D eigenvalue weighted by Crippen LogP contribution is -2.19. The molecule has 1 unspecified atom stereocenters. The zero-order valence-electron chi connectivity index (χ0n) is 10.8. The molecule has 2 aromatic heterocycles. The van der Waals surface area contributed by atoms with E-state index in [4.69, 9.17) is 9.15 Å². The molecule has 5 nitrogen and oxygen atoms in total. The van der Waals surface area contributed by atoms with Crippen LogP contribution in [-0.2, 0) is 6.42 Å². The van der Waals surface area contributed by atoms with Crippen molar-refractivity contribution in [1.82, 2.24) is 9.97 Å². The fourth-order valence-corrected chi connectivity index (χ4v) is 1.80. The number of aromatic nitrogens is 2. The van der Waals surface area contributed by atoms with Crippen molar-refractivity contribution in [3.8, 4) is 5.88 Å². The molecule has 2 heterocycles. The van der Waals surface area contributed by atoms with Crippen LogP contribution in [0.25, 0.3) is 0 Å². The number of anilines is 1. The summed E-state index contributed by atoms with van der Waals surface area (Å²) in [6.07, 6.45) is 3.98. The first-order valence-corrected chi connectivity index (χ1v) is 5.85. The van der Waals surface area contributed by atoms with Crippen molar-refractivity contribution in [3.63, 3.8) is 0 Å². The maximum absolute atomic E-state index is 5.32. The number of methoxy groups -OCH3 is 1. The van der Waals surface area contributed by atoms with Gasteiger partial charge >= 0.3 is 0 Å². The first kappa shape index (κ1) is 12.4. The van der Waals surface area contributed by atoms with Gasteiger partial charge in [0.15, 0.2) is 0 Å². The fourth-order valence-electron chi connectivity index (χ4n) is 1.80. The van der Waals surface area contributed by atoms with Crippen LogP contribution in [0, 0.1) is 6.92 Å². The lowest BCUT2D eigenvalue weighted by molar-refractivity contribution is 0.393. The van der Waals surface area contributed by atoms with Gasteiger partial charge in [0.1, 0.15) is 17.9 Å². The van der Waals surface area contributed by atoms with Crippen molar-refractivity contribution in [1.29, 1.82) is 0 Å². The zero-order chi connectivity index (χ0) is 13.0. The van der Waals surface area contributed by atoms with Crippen molar-refractivity contribution in [2.45, 2.75) is 26.3 Å². The topological polar surface area (TPSA) is 60.2 Å². The Balaban J connectivity index is 2.05. The van der Waals surface area contributed by atoms with Crippen LogP contribution in [0.15, 0.2) is 29.1 Å². The molecule has 0 spiro atoms. The summed E-state index contributed by atoms with van der Waals surface area (Å²) < 4.78 is 10.5. The Labute approximate surface area is 106 Å². The molecule has 18 heavy (non-hydrogen) atoms. The predicted octanol–water partition coefficient (Wildman–Crippen LogP) is 2.43. The molecule has 0 saturated carbocycles. The van der Waals surface area contributed by atoms with Crippen LogP contribution < -0.4 is 10.1 Å². The normalized spacial score (nSPS) is 12.2. The number of rotatable bonds is 5. The largest absolute Gasteiger partial charge is 0.481 e. The number of furan rings is 1. The first-order chi connectivity index (χ1) is 8.70. The molecule has 0 fully saturated rings. The van der Waals surface area contributed by atoms with E-state index in [9.17, 15) is 0 Å². The van der Waals surface area contributed by atoms with Gasteiger partial charge in [0, 0.05) is 12.5 Å². The van der Waals surface area contributed by atoms with E-state index in [-0.39, 0.29) is 6.04 Å². The Kier molecular flexibility index (Phi) is 3.82. The van der Waals surface area contributed by atoms with Crippen LogP contribution >= 0.6 is 0 Å². The van der Waals surface area contributed by atoms with Crippen LogP contribution in [-0.4, -0.2) is 23.1 Å². The Hall–Kier alpha value is -2.04. The molecule has 96 valence electrons. The second kappa shape index (κ2) is 5.53. The Bertz CT molecular complexity index is 497. The molecule has 0 aliphatic rings. The molecule has 0 saturated heterocycles. The molecule has 0 bridgehead atoms. The Morgan fingerprint density at radius 2 is 2.28 bits per heavy atom. The molecular weight excluding hydrogens is 230 g/mol. The summed E-state index contributed by atoms with van der Waals surface area (Å²) in [5.74, 6) is 2.34. The monoisotopic (exact) mass is 247 g/mol. The van der Waals surface area contributed by atoms with E-state index >= 15 is 0 Å². The molecule has 2 rings (SSSR count). The molecule has 0 radical (unpaired) electrons. The molecule has 1 atom stereocenters. The minimum absolute atomic E-state index is 0.217. The van der Waals surface area contributed by atoms with E-state index in [0.29, 0.717) is 5.88 Å². The van der Waals surface area contributed by atoms with Crippen LogP contribution in [0.1, 0.15) is 18.2 Å². The highest BCUT2D eigenvalue weighted by molar-refractivity contribution is 5.48. The summed E-state index contributed by atoms with van der Waals surface area (Å²) in [6.45, 7) is 4.01. The van der Waals surface area contributed by atoms with E-state index in [1.807, 2.05) is 19.1 Å². The highest BCUT2D eigenvalue weighted by atomic mass is 16.5. The number of nitrogens with one attached hydrogen (secondary N) is 1. The quantitative estimate of drug-likeness (QED) is 0.879. The lowest BCUT2D eigenvalue weighted by Gasteiger charge is -2.15. The van der Waals surface area contributed by atoms with Crippen molar-refractivity contribution >= 4 is 5.82 Å². The first-order valence-electron chi connectivity index (χ1n) is 5.85. The number of hydrogen-bond donors (Lipinski definition) is 1. The summed E-state index contributed by atoms with van der Waals surface area (Å²) in [6, 6.07) is 4.07. The van der Waals surface area contributed by atoms with Gasteiger partial charge in [-0.2, -0.15) is 0 Å². The molecular formula is C13H17N3O2. The van der Waals surface area contributed by atoms with Crippen molar-refractivity contribution in [2.75, 3.05) is 12.4 Å². The molecule has 0 aliphatic heterocycles. The molecule has 0 aromatic carbocycles. The van der Waals surface area contributed by atoms with Gasteiger partial charge in [0.2, 0.25) is 5.88 Å². The third kappa shape index (κ3) is 2.80. The second-order valence-electron chi connectivity index (χ2n) is 4.19. The third-order valence-corrected chi connectivity index (χ3v) is 2.70. The molecule has 5 heteroatoms. The summed E-state index contributed by atoms with van der Waals surface area (Å²) in [5.41, 5.74) is 0.909. The van der Waals surface area contributed by atoms with Gasteiger partial charge in [0.25, 0.3) is 0 Å². The second-order valence-corrected chi connectivity index (χ2v) is 4.19. The standard InChI is InChI=1S/C13H17N3O2/c1-9(7-11-5-4-6-18-11)16-12-10(2)13(17-3)15-8-14-12/h4-6,8-9H,7H2,1-3H3,(H,14,15,16). The van der Waals surface area contributed by atoms with E-state index in [1.165, 1.54) is 6.33 Å². The summed E-state index contributed by atoms with van der Waals surface area (Å²) >= 11 is 0. The van der Waals surface area contributed by atoms with E-state index in [1.54, 1.807) is 13.4 Å².